The van der Waals surface area contributed by atoms with Gasteiger partial charge in [0.05, 0.1) is 12.8 Å². The summed E-state index contributed by atoms with van der Waals surface area (Å²) in [7, 11) is 0. The van der Waals surface area contributed by atoms with E-state index in [4.69, 9.17) is 9.94 Å². The lowest BCUT2D eigenvalue weighted by molar-refractivity contribution is 0.304. The zero-order valence-electron chi connectivity index (χ0n) is 11.1. The minimum absolute atomic E-state index is 0.777. The molecule has 18 heavy (non-hydrogen) atoms. The lowest BCUT2D eigenvalue weighted by Gasteiger charge is -2.06. The van der Waals surface area contributed by atoms with Crippen LogP contribution < -0.4 is 4.74 Å². The quantitative estimate of drug-likeness (QED) is 0.308. The number of rotatable bonds is 9. The first-order valence-electron chi connectivity index (χ1n) is 6.77. The topological polar surface area (TPSA) is 41.8 Å². The van der Waals surface area contributed by atoms with Gasteiger partial charge in [-0.25, -0.2) is 0 Å². The summed E-state index contributed by atoms with van der Waals surface area (Å²) in [6.45, 7) is 3.01. The molecular weight excluding hydrogens is 226 g/mol. The highest BCUT2D eigenvalue weighted by atomic mass is 16.5. The minimum Gasteiger partial charge on any atom is -0.494 e. The SMILES string of the molecule is CCCCCCCCOc1ccc(C=NO)cc1. The molecule has 0 saturated carbocycles. The number of ether oxygens (including phenoxy) is 1. The molecule has 0 aliphatic heterocycles. The molecule has 0 unspecified atom stereocenters. The fraction of sp³-hybridized carbons (Fsp3) is 0.533. The fourth-order valence-corrected chi connectivity index (χ4v) is 1.79. The molecule has 0 spiro atoms. The van der Waals surface area contributed by atoms with Crippen molar-refractivity contribution in [3.05, 3.63) is 29.8 Å². The van der Waals surface area contributed by atoms with Gasteiger partial charge in [0.1, 0.15) is 5.75 Å². The van der Waals surface area contributed by atoms with Crippen molar-refractivity contribution < 1.29 is 9.94 Å². The summed E-state index contributed by atoms with van der Waals surface area (Å²) >= 11 is 0. The molecule has 1 rings (SSSR count). The van der Waals surface area contributed by atoms with Crippen LogP contribution in [0, 0.1) is 0 Å². The van der Waals surface area contributed by atoms with Crippen LogP contribution in [0.3, 0.4) is 0 Å². The molecule has 0 aliphatic rings. The number of oxime groups is 1. The Labute approximate surface area is 109 Å². The molecule has 100 valence electrons. The van der Waals surface area contributed by atoms with Crippen LogP contribution in [0.2, 0.25) is 0 Å². The van der Waals surface area contributed by atoms with Crippen LogP contribution in [0.5, 0.6) is 5.75 Å². The predicted molar refractivity (Wildman–Crippen MR) is 74.7 cm³/mol. The molecule has 0 aromatic heterocycles. The molecule has 0 atom stereocenters. The Balaban J connectivity index is 2.11. The molecule has 0 saturated heterocycles. The molecule has 0 bridgehead atoms. The van der Waals surface area contributed by atoms with E-state index in [-0.39, 0.29) is 0 Å². The second-order valence-corrected chi connectivity index (χ2v) is 4.43. The summed E-state index contributed by atoms with van der Waals surface area (Å²) in [6.07, 6.45) is 9.04. The van der Waals surface area contributed by atoms with E-state index in [0.29, 0.717) is 0 Å². The molecule has 1 aromatic carbocycles. The van der Waals surface area contributed by atoms with Gasteiger partial charge in [0, 0.05) is 0 Å². The molecule has 0 heterocycles. The molecule has 3 heteroatoms. The van der Waals surface area contributed by atoms with E-state index in [0.717, 1.165) is 24.3 Å². The van der Waals surface area contributed by atoms with E-state index in [1.165, 1.54) is 38.3 Å². The van der Waals surface area contributed by atoms with E-state index in [1.54, 1.807) is 0 Å². The molecule has 0 amide bonds. The zero-order valence-corrected chi connectivity index (χ0v) is 11.1. The van der Waals surface area contributed by atoms with Crippen LogP contribution in [0.25, 0.3) is 0 Å². The summed E-state index contributed by atoms with van der Waals surface area (Å²) in [5, 5.41) is 11.4. The average molecular weight is 249 g/mol. The first-order chi connectivity index (χ1) is 8.86. The third kappa shape index (κ3) is 6.28. The standard InChI is InChI=1S/C15H23NO2/c1-2-3-4-5-6-7-12-18-15-10-8-14(9-11-15)13-16-17/h8-11,13,17H,2-7,12H2,1H3. The van der Waals surface area contributed by atoms with Crippen LogP contribution in [0.1, 0.15) is 51.0 Å². The summed E-state index contributed by atoms with van der Waals surface area (Å²) < 4.78 is 5.64. The first-order valence-corrected chi connectivity index (χ1v) is 6.77. The number of unbranched alkanes of at least 4 members (excludes halogenated alkanes) is 5. The molecule has 0 radical (unpaired) electrons. The lowest BCUT2D eigenvalue weighted by Crippen LogP contribution is -1.97. The van der Waals surface area contributed by atoms with Gasteiger partial charge in [0.15, 0.2) is 0 Å². The molecular formula is C15H23NO2. The highest BCUT2D eigenvalue weighted by Crippen LogP contribution is 2.12. The van der Waals surface area contributed by atoms with Gasteiger partial charge in [-0.05, 0) is 36.2 Å². The molecule has 1 N–H and O–H groups in total. The normalized spacial score (nSPS) is 10.9. The van der Waals surface area contributed by atoms with Crippen LogP contribution >= 0.6 is 0 Å². The smallest absolute Gasteiger partial charge is 0.119 e. The van der Waals surface area contributed by atoms with Crippen molar-refractivity contribution in [2.75, 3.05) is 6.61 Å². The van der Waals surface area contributed by atoms with Crippen molar-refractivity contribution in [1.82, 2.24) is 0 Å². The van der Waals surface area contributed by atoms with Crippen LogP contribution in [-0.4, -0.2) is 18.0 Å². The van der Waals surface area contributed by atoms with Gasteiger partial charge < -0.3 is 9.94 Å². The van der Waals surface area contributed by atoms with E-state index in [2.05, 4.69) is 12.1 Å². The highest BCUT2D eigenvalue weighted by Gasteiger charge is 1.95. The Hall–Kier alpha value is -1.51. The number of nitrogens with zero attached hydrogens (tertiary/aromatic N) is 1. The van der Waals surface area contributed by atoms with Gasteiger partial charge >= 0.3 is 0 Å². The monoisotopic (exact) mass is 249 g/mol. The van der Waals surface area contributed by atoms with E-state index in [1.807, 2.05) is 24.3 Å². The number of hydrogen-bond donors (Lipinski definition) is 1. The summed E-state index contributed by atoms with van der Waals surface area (Å²) in [5.74, 6) is 0.874. The maximum atomic E-state index is 8.39. The largest absolute Gasteiger partial charge is 0.494 e. The van der Waals surface area contributed by atoms with Crippen molar-refractivity contribution in [2.24, 2.45) is 5.16 Å². The Morgan fingerprint density at radius 3 is 2.39 bits per heavy atom. The number of benzene rings is 1. The zero-order chi connectivity index (χ0) is 13.1. The van der Waals surface area contributed by atoms with Gasteiger partial charge in [0.25, 0.3) is 0 Å². The third-order valence-electron chi connectivity index (χ3n) is 2.85. The lowest BCUT2D eigenvalue weighted by atomic mass is 10.1. The van der Waals surface area contributed by atoms with Gasteiger partial charge in [-0.3, -0.25) is 0 Å². The van der Waals surface area contributed by atoms with Gasteiger partial charge in [0.2, 0.25) is 0 Å². The highest BCUT2D eigenvalue weighted by molar-refractivity contribution is 5.79. The van der Waals surface area contributed by atoms with E-state index < -0.39 is 0 Å². The fourth-order valence-electron chi connectivity index (χ4n) is 1.79. The maximum absolute atomic E-state index is 8.39. The Kier molecular flexibility index (Phi) is 7.69. The van der Waals surface area contributed by atoms with Crippen molar-refractivity contribution in [3.8, 4) is 5.75 Å². The van der Waals surface area contributed by atoms with E-state index >= 15 is 0 Å². The van der Waals surface area contributed by atoms with Crippen molar-refractivity contribution in [1.29, 1.82) is 0 Å². The second kappa shape index (κ2) is 9.51. The van der Waals surface area contributed by atoms with Crippen LogP contribution in [0.4, 0.5) is 0 Å². The molecule has 3 nitrogen and oxygen atoms in total. The molecule has 1 aromatic rings. The van der Waals surface area contributed by atoms with Crippen molar-refractivity contribution in [3.63, 3.8) is 0 Å². The number of hydrogen-bond acceptors (Lipinski definition) is 3. The predicted octanol–water partition coefficient (Wildman–Crippen LogP) is 4.23. The van der Waals surface area contributed by atoms with Crippen LogP contribution in [0.15, 0.2) is 29.4 Å². The Bertz CT molecular complexity index is 333. The maximum Gasteiger partial charge on any atom is 0.119 e. The van der Waals surface area contributed by atoms with Crippen LogP contribution in [-0.2, 0) is 0 Å². The molecule has 0 aliphatic carbocycles. The van der Waals surface area contributed by atoms with E-state index in [9.17, 15) is 0 Å². The Morgan fingerprint density at radius 2 is 1.72 bits per heavy atom. The minimum atomic E-state index is 0.777. The molecule has 0 fully saturated rings. The van der Waals surface area contributed by atoms with Gasteiger partial charge in [-0.1, -0.05) is 44.2 Å². The summed E-state index contributed by atoms with van der Waals surface area (Å²) in [4.78, 5) is 0. The summed E-state index contributed by atoms with van der Waals surface area (Å²) in [5.41, 5.74) is 0.865. The second-order valence-electron chi connectivity index (χ2n) is 4.43. The third-order valence-corrected chi connectivity index (χ3v) is 2.85. The Morgan fingerprint density at radius 1 is 1.06 bits per heavy atom. The van der Waals surface area contributed by atoms with Gasteiger partial charge in [-0.2, -0.15) is 0 Å². The van der Waals surface area contributed by atoms with Gasteiger partial charge in [-0.15, -0.1) is 0 Å². The first kappa shape index (κ1) is 14.6. The van der Waals surface area contributed by atoms with Crippen molar-refractivity contribution >= 4 is 6.21 Å². The summed E-state index contributed by atoms with van der Waals surface area (Å²) in [6, 6.07) is 7.54. The average Bonchev–Trinajstić information content (AvgIpc) is 2.40. The van der Waals surface area contributed by atoms with Crippen molar-refractivity contribution in [2.45, 2.75) is 45.4 Å².